The predicted molar refractivity (Wildman–Crippen MR) is 171 cm³/mol. The number of hydrogen-bond acceptors (Lipinski definition) is 8. The number of alkyl halides is 4. The Balaban J connectivity index is 1.36. The van der Waals surface area contributed by atoms with Gasteiger partial charge < -0.3 is 25.3 Å². The number of rotatable bonds is 5. The van der Waals surface area contributed by atoms with E-state index in [2.05, 4.69) is 20.2 Å². The summed E-state index contributed by atoms with van der Waals surface area (Å²) >= 11 is 0. The summed E-state index contributed by atoms with van der Waals surface area (Å²) in [6.07, 6.45) is -2.23. The molecule has 9 nitrogen and oxygen atoms in total. The van der Waals surface area contributed by atoms with E-state index in [1.54, 1.807) is 24.6 Å². The number of aryl methyl sites for hydroxylation is 1. The Labute approximate surface area is 273 Å². The van der Waals surface area contributed by atoms with Crippen molar-refractivity contribution in [2.45, 2.75) is 69.0 Å². The second kappa shape index (κ2) is 10.9. The lowest BCUT2D eigenvalue weighted by atomic mass is 9.92. The van der Waals surface area contributed by atoms with Gasteiger partial charge in [0.25, 0.3) is 0 Å². The Morgan fingerprint density at radius 2 is 1.90 bits per heavy atom. The van der Waals surface area contributed by atoms with Crippen LogP contribution < -0.4 is 20.7 Å². The second-order valence-corrected chi connectivity index (χ2v) is 13.8. The summed E-state index contributed by atoms with van der Waals surface area (Å²) < 4.78 is 84.8. The van der Waals surface area contributed by atoms with Gasteiger partial charge in [-0.1, -0.05) is 0 Å². The first-order chi connectivity index (χ1) is 22.9. The van der Waals surface area contributed by atoms with Crippen LogP contribution in [0.25, 0.3) is 32.9 Å². The number of anilines is 2. The molecule has 252 valence electrons. The van der Waals surface area contributed by atoms with E-state index in [9.17, 15) is 9.65 Å². The molecule has 14 heteroatoms. The van der Waals surface area contributed by atoms with Crippen LogP contribution in [-0.2, 0) is 13.2 Å². The van der Waals surface area contributed by atoms with Crippen LogP contribution in [0.1, 0.15) is 48.9 Å². The first-order valence-electron chi connectivity index (χ1n) is 16.3. The summed E-state index contributed by atoms with van der Waals surface area (Å²) in [6, 6.07) is 6.11. The normalized spacial score (nSPS) is 25.7. The minimum Gasteiger partial charge on any atom is -0.461 e. The number of benzene rings is 2. The molecule has 2 aromatic heterocycles. The summed E-state index contributed by atoms with van der Waals surface area (Å²) in [5.74, 6) is -1.03. The minimum atomic E-state index is -4.97. The quantitative estimate of drug-likeness (QED) is 0.209. The Bertz CT molecular complexity index is 2010. The van der Waals surface area contributed by atoms with E-state index in [1.807, 2.05) is 11.0 Å². The monoisotopic (exact) mass is 666 g/mol. The van der Waals surface area contributed by atoms with Gasteiger partial charge in [-0.25, -0.2) is 8.78 Å². The Kier molecular flexibility index (Phi) is 7.05. The molecule has 48 heavy (non-hydrogen) atoms. The molecule has 3 N–H and O–H groups in total. The second-order valence-electron chi connectivity index (χ2n) is 13.8. The number of ether oxygens (including phenoxy) is 1. The Hall–Kier alpha value is -4.22. The zero-order valence-corrected chi connectivity index (χ0v) is 26.6. The maximum Gasteiger partial charge on any atom is 0.417 e. The van der Waals surface area contributed by atoms with Crippen LogP contribution in [0.5, 0.6) is 6.01 Å². The van der Waals surface area contributed by atoms with Crippen molar-refractivity contribution in [2.75, 3.05) is 43.4 Å². The molecule has 0 radical (unpaired) electrons. The number of nitrogens with zero attached hydrogens (tertiary/aromatic N) is 6. The molecule has 4 aromatic rings. The average molecular weight is 667 g/mol. The van der Waals surface area contributed by atoms with Gasteiger partial charge in [-0.15, -0.1) is 0 Å². The van der Waals surface area contributed by atoms with Crippen LogP contribution in [0.4, 0.5) is 33.5 Å². The van der Waals surface area contributed by atoms with Gasteiger partial charge in [0, 0.05) is 72.8 Å². The van der Waals surface area contributed by atoms with E-state index in [0.29, 0.717) is 37.3 Å². The third-order valence-corrected chi connectivity index (χ3v) is 11.0. The lowest BCUT2D eigenvalue weighted by Crippen LogP contribution is -2.51. The number of nitriles is 1. The smallest absolute Gasteiger partial charge is 0.417 e. The highest BCUT2D eigenvalue weighted by atomic mass is 19.4. The van der Waals surface area contributed by atoms with E-state index >= 15 is 17.6 Å². The molecule has 4 atom stereocenters. The van der Waals surface area contributed by atoms with Crippen LogP contribution in [0.2, 0.25) is 0 Å². The number of nitrogens with two attached hydrogens (primary N) is 1. The largest absolute Gasteiger partial charge is 0.461 e. The van der Waals surface area contributed by atoms with E-state index in [-0.39, 0.29) is 63.6 Å². The van der Waals surface area contributed by atoms with E-state index < -0.39 is 34.8 Å². The van der Waals surface area contributed by atoms with Gasteiger partial charge in [0.1, 0.15) is 30.2 Å². The third-order valence-electron chi connectivity index (χ3n) is 11.0. The molecule has 8 rings (SSSR count). The zero-order chi connectivity index (χ0) is 33.7. The third kappa shape index (κ3) is 4.69. The number of nitrogens with one attached hydrogen (secondary N) is 1. The fourth-order valence-electron chi connectivity index (χ4n) is 8.68. The average Bonchev–Trinajstić information content (AvgIpc) is 3.75. The fourth-order valence-corrected chi connectivity index (χ4v) is 8.68. The predicted octanol–water partition coefficient (Wildman–Crippen LogP) is 5.60. The number of nitrogen functional groups attached to an aromatic ring is 1. The Morgan fingerprint density at radius 3 is 2.60 bits per heavy atom. The van der Waals surface area contributed by atoms with Crippen molar-refractivity contribution in [2.24, 2.45) is 7.05 Å². The van der Waals surface area contributed by atoms with Crippen LogP contribution in [0, 0.1) is 24.1 Å². The molecule has 4 aliphatic heterocycles. The molecule has 0 spiro atoms. The van der Waals surface area contributed by atoms with Crippen LogP contribution in [0.3, 0.4) is 0 Å². The summed E-state index contributed by atoms with van der Waals surface area (Å²) in [6.45, 7) is 3.67. The minimum absolute atomic E-state index is 0.0365. The maximum absolute atomic E-state index is 17.2. The number of aromatic nitrogens is 3. The fraction of sp³-hybridized carbons (Fsp3) is 0.500. The van der Waals surface area contributed by atoms with Crippen molar-refractivity contribution in [3.63, 3.8) is 0 Å². The molecule has 0 aliphatic carbocycles. The topological polar surface area (TPSA) is 108 Å². The molecular formula is C34H35F5N8O. The van der Waals surface area contributed by atoms with Crippen LogP contribution in [-0.4, -0.2) is 76.0 Å². The molecule has 4 saturated heterocycles. The highest BCUT2D eigenvalue weighted by molar-refractivity contribution is 6.07. The number of hydrogen-bond donors (Lipinski definition) is 2. The van der Waals surface area contributed by atoms with Crippen molar-refractivity contribution in [3.05, 3.63) is 40.8 Å². The standard InChI is InChI=1S/C34H35F5N8O/c1-17-26(27-22(12-40)24(41)6-7-25(27)45(17)2)28-23(34(37,38)39)10-21-30(29(28)36)43-32(44-31(21)46-14-19-4-5-20(15-46)42-19)48-16-33-8-3-9-47(33)13-18(35)11-33/h6-7,10,18-20,42H,3-5,8-9,11,13-16,41H2,1-2H3/t18-,19?,20?,33+/m1/s1. The highest BCUT2D eigenvalue weighted by Crippen LogP contribution is 2.48. The highest BCUT2D eigenvalue weighted by Gasteiger charge is 2.49. The van der Waals surface area contributed by atoms with Gasteiger partial charge in [-0.3, -0.25) is 4.90 Å². The molecule has 6 heterocycles. The van der Waals surface area contributed by atoms with Gasteiger partial charge in [0.05, 0.1) is 27.9 Å². The number of fused-ring (bicyclic) bond motifs is 5. The first-order valence-corrected chi connectivity index (χ1v) is 16.3. The molecule has 2 unspecified atom stereocenters. The van der Waals surface area contributed by atoms with Crippen molar-refractivity contribution in [1.29, 1.82) is 5.26 Å². The lowest BCUT2D eigenvalue weighted by Gasteiger charge is -2.35. The van der Waals surface area contributed by atoms with Crippen molar-refractivity contribution >= 4 is 33.3 Å². The van der Waals surface area contributed by atoms with Gasteiger partial charge in [-0.2, -0.15) is 28.4 Å². The van der Waals surface area contributed by atoms with Gasteiger partial charge >= 0.3 is 12.2 Å². The van der Waals surface area contributed by atoms with E-state index in [4.69, 9.17) is 10.5 Å². The molecule has 4 aliphatic rings. The van der Waals surface area contributed by atoms with Gasteiger partial charge in [0.2, 0.25) is 0 Å². The Morgan fingerprint density at radius 1 is 1.15 bits per heavy atom. The molecule has 0 amide bonds. The summed E-state index contributed by atoms with van der Waals surface area (Å²) in [7, 11) is 1.65. The van der Waals surface area contributed by atoms with E-state index in [0.717, 1.165) is 38.3 Å². The summed E-state index contributed by atoms with van der Waals surface area (Å²) in [5.41, 5.74) is 4.05. The van der Waals surface area contributed by atoms with E-state index in [1.165, 1.54) is 6.07 Å². The molecule has 4 fully saturated rings. The lowest BCUT2D eigenvalue weighted by molar-refractivity contribution is -0.137. The molecule has 2 bridgehead atoms. The zero-order valence-electron chi connectivity index (χ0n) is 26.6. The molecule has 2 aromatic carbocycles. The maximum atomic E-state index is 17.2. The van der Waals surface area contributed by atoms with Crippen LogP contribution in [0.15, 0.2) is 18.2 Å². The van der Waals surface area contributed by atoms with Crippen molar-refractivity contribution in [1.82, 2.24) is 24.8 Å². The SMILES string of the molecule is Cc1c(-c2c(C(F)(F)F)cc3c(N4CC5CCC(C4)N5)nc(OC[C@@]45CCCN4C[C@H](F)C5)nc3c2F)c2c(C#N)c(N)ccc2n1C. The van der Waals surface area contributed by atoms with Crippen molar-refractivity contribution < 1.29 is 26.7 Å². The first kappa shape index (κ1) is 31.1. The van der Waals surface area contributed by atoms with Gasteiger partial charge in [-0.05, 0) is 57.4 Å². The van der Waals surface area contributed by atoms with Crippen LogP contribution >= 0.6 is 0 Å². The number of piperazine rings is 1. The molecule has 0 saturated carbocycles. The summed E-state index contributed by atoms with van der Waals surface area (Å²) in [4.78, 5) is 13.0. The number of halogens is 5. The summed E-state index contributed by atoms with van der Waals surface area (Å²) in [5, 5.41) is 13.6. The van der Waals surface area contributed by atoms with Crippen molar-refractivity contribution in [3.8, 4) is 23.2 Å². The van der Waals surface area contributed by atoms with Gasteiger partial charge in [0.15, 0.2) is 5.82 Å². The molecular weight excluding hydrogens is 631 g/mol.